The molecule has 4 heteroatoms. The summed E-state index contributed by atoms with van der Waals surface area (Å²) >= 11 is 0. The summed E-state index contributed by atoms with van der Waals surface area (Å²) in [6.07, 6.45) is 4.65. The third-order valence-electron chi connectivity index (χ3n) is 3.22. The maximum atomic E-state index is 10.3. The van der Waals surface area contributed by atoms with Crippen LogP contribution in [0.15, 0.2) is 54.4 Å². The zero-order valence-electron chi connectivity index (χ0n) is 10.6. The second-order valence-corrected chi connectivity index (χ2v) is 4.59. The van der Waals surface area contributed by atoms with E-state index in [1.807, 2.05) is 42.6 Å². The Bertz CT molecular complexity index is 575. The molecular formula is C15H16N2O2. The number of ether oxygens (including phenoxy) is 1. The molecule has 0 amide bonds. The maximum Gasteiger partial charge on any atom is 0.122 e. The molecule has 0 saturated heterocycles. The van der Waals surface area contributed by atoms with Gasteiger partial charge >= 0.3 is 0 Å². The molecule has 1 atom stereocenters. The zero-order valence-corrected chi connectivity index (χ0v) is 10.6. The average molecular weight is 256 g/mol. The first kappa shape index (κ1) is 12.0. The summed E-state index contributed by atoms with van der Waals surface area (Å²) in [5.41, 5.74) is 2.53. The number of hydrogen-bond acceptors (Lipinski definition) is 3. The van der Waals surface area contributed by atoms with Gasteiger partial charge in [0.25, 0.3) is 0 Å². The van der Waals surface area contributed by atoms with E-state index >= 15 is 0 Å². The molecule has 1 aliphatic heterocycles. The van der Waals surface area contributed by atoms with Gasteiger partial charge in [0.05, 0.1) is 24.3 Å². The van der Waals surface area contributed by atoms with Gasteiger partial charge in [-0.1, -0.05) is 18.2 Å². The van der Waals surface area contributed by atoms with Crippen LogP contribution in [0, 0.1) is 0 Å². The molecule has 2 aromatic rings. The van der Waals surface area contributed by atoms with Crippen LogP contribution >= 0.6 is 0 Å². The van der Waals surface area contributed by atoms with Crippen LogP contribution < -0.4 is 0 Å². The molecule has 1 unspecified atom stereocenters. The number of aromatic nitrogens is 2. The third kappa shape index (κ3) is 2.53. The van der Waals surface area contributed by atoms with E-state index in [4.69, 9.17) is 4.74 Å². The lowest BCUT2D eigenvalue weighted by Crippen LogP contribution is -2.09. The number of nitrogens with zero attached hydrogens (tertiary/aromatic N) is 2. The van der Waals surface area contributed by atoms with Gasteiger partial charge in [-0.25, -0.2) is 4.68 Å². The van der Waals surface area contributed by atoms with Crippen LogP contribution in [0.3, 0.4) is 0 Å². The van der Waals surface area contributed by atoms with E-state index in [0.717, 1.165) is 30.7 Å². The van der Waals surface area contributed by atoms with Gasteiger partial charge in [0.1, 0.15) is 6.10 Å². The van der Waals surface area contributed by atoms with Gasteiger partial charge in [-0.3, -0.25) is 0 Å². The highest BCUT2D eigenvalue weighted by molar-refractivity contribution is 5.31. The molecule has 0 fully saturated rings. The van der Waals surface area contributed by atoms with Crippen LogP contribution in [0.25, 0.3) is 5.69 Å². The summed E-state index contributed by atoms with van der Waals surface area (Å²) < 4.78 is 7.03. The van der Waals surface area contributed by atoms with Crippen LogP contribution in [0.1, 0.15) is 24.6 Å². The van der Waals surface area contributed by atoms with E-state index in [2.05, 4.69) is 5.10 Å². The Morgan fingerprint density at radius 1 is 1.21 bits per heavy atom. The van der Waals surface area contributed by atoms with Gasteiger partial charge < -0.3 is 9.84 Å². The lowest BCUT2D eigenvalue weighted by molar-refractivity contribution is 0.167. The van der Waals surface area contributed by atoms with Crippen molar-refractivity contribution in [2.45, 2.75) is 18.9 Å². The van der Waals surface area contributed by atoms with Crippen molar-refractivity contribution < 1.29 is 9.84 Å². The largest absolute Gasteiger partial charge is 0.501 e. The van der Waals surface area contributed by atoms with Crippen LogP contribution in [0.5, 0.6) is 0 Å². The summed E-state index contributed by atoms with van der Waals surface area (Å²) in [7, 11) is 0. The summed E-state index contributed by atoms with van der Waals surface area (Å²) in [6.45, 7) is 0.731. The SMILES string of the molecule is OC(C1=COCCC1)c1ccn(-c2ccccc2)n1. The summed E-state index contributed by atoms with van der Waals surface area (Å²) in [6, 6.07) is 11.7. The molecule has 0 aliphatic carbocycles. The van der Waals surface area contributed by atoms with Gasteiger partial charge in [0.2, 0.25) is 0 Å². The first-order valence-corrected chi connectivity index (χ1v) is 6.44. The zero-order chi connectivity index (χ0) is 13.1. The molecule has 19 heavy (non-hydrogen) atoms. The van der Waals surface area contributed by atoms with Gasteiger partial charge in [0.15, 0.2) is 0 Å². The van der Waals surface area contributed by atoms with Crippen molar-refractivity contribution in [3.63, 3.8) is 0 Å². The normalized spacial score (nSPS) is 16.6. The van der Waals surface area contributed by atoms with E-state index in [0.29, 0.717) is 5.69 Å². The number of para-hydroxylation sites is 1. The predicted molar refractivity (Wildman–Crippen MR) is 71.8 cm³/mol. The van der Waals surface area contributed by atoms with Crippen LogP contribution in [0.2, 0.25) is 0 Å². The lowest BCUT2D eigenvalue weighted by atomic mass is 10.0. The monoisotopic (exact) mass is 256 g/mol. The lowest BCUT2D eigenvalue weighted by Gasteiger charge is -2.17. The van der Waals surface area contributed by atoms with Crippen LogP contribution in [-0.2, 0) is 4.74 Å². The first-order chi connectivity index (χ1) is 9.34. The minimum Gasteiger partial charge on any atom is -0.501 e. The molecule has 98 valence electrons. The number of aliphatic hydroxyl groups excluding tert-OH is 1. The van der Waals surface area contributed by atoms with Crippen molar-refractivity contribution in [3.05, 3.63) is 60.1 Å². The van der Waals surface area contributed by atoms with Crippen molar-refractivity contribution in [2.24, 2.45) is 0 Å². The van der Waals surface area contributed by atoms with E-state index in [9.17, 15) is 5.11 Å². The Morgan fingerprint density at radius 2 is 2.05 bits per heavy atom. The van der Waals surface area contributed by atoms with Crippen molar-refractivity contribution in [1.29, 1.82) is 0 Å². The molecule has 0 saturated carbocycles. The quantitative estimate of drug-likeness (QED) is 0.918. The Labute approximate surface area is 111 Å². The molecule has 0 bridgehead atoms. The van der Waals surface area contributed by atoms with Gasteiger partial charge in [-0.15, -0.1) is 0 Å². The maximum absolute atomic E-state index is 10.3. The molecule has 2 heterocycles. The van der Waals surface area contributed by atoms with E-state index in [-0.39, 0.29) is 0 Å². The Morgan fingerprint density at radius 3 is 2.79 bits per heavy atom. The molecule has 0 spiro atoms. The molecular weight excluding hydrogens is 240 g/mol. The third-order valence-corrected chi connectivity index (χ3v) is 3.22. The average Bonchev–Trinajstić information content (AvgIpc) is 2.98. The first-order valence-electron chi connectivity index (χ1n) is 6.44. The minimum atomic E-state index is -0.676. The highest BCUT2D eigenvalue weighted by Gasteiger charge is 2.18. The smallest absolute Gasteiger partial charge is 0.122 e. The van der Waals surface area contributed by atoms with Crippen molar-refractivity contribution >= 4 is 0 Å². The predicted octanol–water partition coefficient (Wildman–Crippen LogP) is 2.60. The van der Waals surface area contributed by atoms with E-state index in [1.54, 1.807) is 10.9 Å². The highest BCUT2D eigenvalue weighted by Crippen LogP contribution is 2.26. The fourth-order valence-corrected chi connectivity index (χ4v) is 2.18. The van der Waals surface area contributed by atoms with Crippen molar-refractivity contribution in [3.8, 4) is 5.69 Å². The highest BCUT2D eigenvalue weighted by atomic mass is 16.5. The number of hydrogen-bond donors (Lipinski definition) is 1. The van der Waals surface area contributed by atoms with Crippen molar-refractivity contribution in [2.75, 3.05) is 6.61 Å². The molecule has 1 aromatic heterocycles. The molecule has 1 N–H and O–H groups in total. The minimum absolute atomic E-state index is 0.653. The summed E-state index contributed by atoms with van der Waals surface area (Å²) in [5, 5.41) is 14.7. The van der Waals surface area contributed by atoms with Crippen LogP contribution in [0.4, 0.5) is 0 Å². The molecule has 0 radical (unpaired) electrons. The second-order valence-electron chi connectivity index (χ2n) is 4.59. The molecule has 3 rings (SSSR count). The molecule has 4 nitrogen and oxygen atoms in total. The van der Waals surface area contributed by atoms with E-state index < -0.39 is 6.10 Å². The van der Waals surface area contributed by atoms with Gasteiger partial charge in [-0.05, 0) is 36.6 Å². The summed E-state index contributed by atoms with van der Waals surface area (Å²) in [4.78, 5) is 0. The topological polar surface area (TPSA) is 47.3 Å². The van der Waals surface area contributed by atoms with E-state index in [1.165, 1.54) is 0 Å². The Hall–Kier alpha value is -2.07. The number of aliphatic hydroxyl groups is 1. The summed E-state index contributed by atoms with van der Waals surface area (Å²) in [5.74, 6) is 0. The molecule has 1 aliphatic rings. The Balaban J connectivity index is 1.83. The number of rotatable bonds is 3. The molecule has 1 aromatic carbocycles. The fourth-order valence-electron chi connectivity index (χ4n) is 2.18. The van der Waals surface area contributed by atoms with Crippen molar-refractivity contribution in [1.82, 2.24) is 9.78 Å². The standard InChI is InChI=1S/C15H16N2O2/c18-15(12-5-4-10-19-11-12)14-8-9-17(16-14)13-6-2-1-3-7-13/h1-3,6-9,11,15,18H,4-5,10H2. The number of benzene rings is 1. The second kappa shape index (κ2) is 5.28. The van der Waals surface area contributed by atoms with Gasteiger partial charge in [-0.2, -0.15) is 5.10 Å². The van der Waals surface area contributed by atoms with Crippen LogP contribution in [-0.4, -0.2) is 21.5 Å². The fraction of sp³-hybridized carbons (Fsp3) is 0.267. The van der Waals surface area contributed by atoms with Gasteiger partial charge in [0, 0.05) is 6.20 Å². The Kier molecular flexibility index (Phi) is 3.33.